The number of rotatable bonds is 2. The first-order chi connectivity index (χ1) is 3.77. The van der Waals surface area contributed by atoms with E-state index in [1.807, 2.05) is 6.92 Å². The van der Waals surface area contributed by atoms with E-state index in [0.717, 1.165) is 6.08 Å². The molecule has 0 fully saturated rings. The van der Waals surface area contributed by atoms with Gasteiger partial charge in [0.1, 0.15) is 0 Å². The fourth-order valence-electron chi connectivity index (χ4n) is 0.249. The van der Waals surface area contributed by atoms with Crippen molar-refractivity contribution in [3.8, 4) is 0 Å². The first-order valence-electron chi connectivity index (χ1n) is 2.29. The van der Waals surface area contributed by atoms with Gasteiger partial charge in [-0.3, -0.25) is 0 Å². The minimum atomic E-state index is -0.914. The molecule has 0 aliphatic carbocycles. The van der Waals surface area contributed by atoms with Crippen LogP contribution in [0.15, 0.2) is 24.3 Å². The third kappa shape index (κ3) is 12.1. The number of allylic oxidation sites excluding steroid dienone is 3. The van der Waals surface area contributed by atoms with E-state index < -0.39 is 5.97 Å². The van der Waals surface area contributed by atoms with Gasteiger partial charge in [0.2, 0.25) is 0 Å². The van der Waals surface area contributed by atoms with E-state index >= 15 is 0 Å². The van der Waals surface area contributed by atoms with E-state index in [2.05, 4.69) is 0 Å². The summed E-state index contributed by atoms with van der Waals surface area (Å²) in [4.78, 5) is 9.75. The Hall–Kier alpha value is 0.755. The van der Waals surface area contributed by atoms with Gasteiger partial charge in [-0.05, 0) is 6.92 Å². The van der Waals surface area contributed by atoms with Crippen molar-refractivity contribution in [2.45, 2.75) is 6.92 Å². The Morgan fingerprint density at radius 3 is 2.33 bits per heavy atom. The zero-order chi connectivity index (χ0) is 6.41. The zero-order valence-electron chi connectivity index (χ0n) is 5.66. The van der Waals surface area contributed by atoms with Gasteiger partial charge in [0, 0.05) is 64.3 Å². The Morgan fingerprint density at radius 1 is 1.44 bits per heavy atom. The van der Waals surface area contributed by atoms with Crippen LogP contribution in [-0.4, -0.2) is 69.3 Å². The van der Waals surface area contributed by atoms with E-state index in [-0.39, 0.29) is 58.2 Å². The molecule has 0 saturated carbocycles. The summed E-state index contributed by atoms with van der Waals surface area (Å²) in [7, 11) is 0. The van der Waals surface area contributed by atoms with Gasteiger partial charge in [0.05, 0.1) is 0 Å². The zero-order valence-corrected chi connectivity index (χ0v) is 10.6. The minimum Gasteiger partial charge on any atom is -0.478 e. The fraction of sp³-hybridized carbons (Fsp3) is 0.167. The van der Waals surface area contributed by atoms with Crippen LogP contribution < -0.4 is 0 Å². The van der Waals surface area contributed by atoms with Crippen molar-refractivity contribution >= 4 is 64.2 Å². The van der Waals surface area contributed by atoms with E-state index in [4.69, 9.17) is 5.11 Å². The first-order valence-corrected chi connectivity index (χ1v) is 2.29. The molecule has 0 aliphatic rings. The molecule has 0 heterocycles. The molecule has 0 rings (SSSR count). The predicted octanol–water partition coefficient (Wildman–Crippen LogP) is 0.823. The number of aliphatic carboxylic acids is 1. The Bertz CT molecular complexity index is 127. The maximum Gasteiger partial charge on any atom is 0.328 e. The Morgan fingerprint density at radius 2 is 2.00 bits per heavy atom. The summed E-state index contributed by atoms with van der Waals surface area (Å²) in [5.41, 5.74) is 0. The van der Waals surface area contributed by atoms with Crippen LogP contribution in [0.2, 0.25) is 0 Å². The molecule has 9 heavy (non-hydrogen) atoms. The smallest absolute Gasteiger partial charge is 0.328 e. The third-order valence-corrected chi connectivity index (χ3v) is 0.542. The van der Waals surface area contributed by atoms with Crippen LogP contribution in [-0.2, 0) is 4.79 Å². The summed E-state index contributed by atoms with van der Waals surface area (Å²) in [6, 6.07) is 0. The molecule has 0 atom stereocenters. The van der Waals surface area contributed by atoms with Gasteiger partial charge in [0.15, 0.2) is 0 Å². The van der Waals surface area contributed by atoms with E-state index in [1.165, 1.54) is 6.08 Å². The van der Waals surface area contributed by atoms with Gasteiger partial charge >= 0.3 is 5.97 Å². The molecule has 0 saturated heterocycles. The molecule has 1 N–H and O–H groups in total. The summed E-state index contributed by atoms with van der Waals surface area (Å²) < 4.78 is 0. The molecule has 1 radical (unpaired) electrons. The van der Waals surface area contributed by atoms with Crippen LogP contribution in [0.5, 0.6) is 0 Å². The minimum absolute atomic E-state index is 0. The summed E-state index contributed by atoms with van der Waals surface area (Å²) in [6.07, 6.45) is 5.98. The molecule has 0 aromatic carbocycles. The number of carboxylic acid groups (broad SMARTS) is 1. The van der Waals surface area contributed by atoms with Crippen LogP contribution in [0.3, 0.4) is 0 Å². The van der Waals surface area contributed by atoms with Gasteiger partial charge < -0.3 is 5.11 Å². The number of carboxylic acids is 1. The van der Waals surface area contributed by atoms with Crippen molar-refractivity contribution < 1.29 is 9.90 Å². The van der Waals surface area contributed by atoms with Gasteiger partial charge in [-0.2, -0.15) is 0 Å². The maximum atomic E-state index is 9.75. The number of hydrogen-bond donors (Lipinski definition) is 1. The average molecular weight is 198 g/mol. The van der Waals surface area contributed by atoms with E-state index in [9.17, 15) is 4.79 Å². The van der Waals surface area contributed by atoms with E-state index in [0.29, 0.717) is 0 Å². The van der Waals surface area contributed by atoms with Gasteiger partial charge in [-0.1, -0.05) is 18.2 Å². The van der Waals surface area contributed by atoms with Crippen molar-refractivity contribution in [3.63, 3.8) is 0 Å². The van der Waals surface area contributed by atoms with E-state index in [1.54, 1.807) is 12.2 Å². The molecule has 0 aliphatic heterocycles. The number of carbonyl (C=O) groups is 1. The molecular formula is C6H8O2Rb. The van der Waals surface area contributed by atoms with Crippen molar-refractivity contribution in [1.29, 1.82) is 0 Å². The standard InChI is InChI=1S/C6H8O2.Rb/c1-2-3-4-5-6(7)8;/h2-5H,1H3,(H,7,8);. The topological polar surface area (TPSA) is 37.3 Å². The van der Waals surface area contributed by atoms with Gasteiger partial charge in [0.25, 0.3) is 0 Å². The summed E-state index contributed by atoms with van der Waals surface area (Å²) in [6.45, 7) is 1.83. The van der Waals surface area contributed by atoms with Crippen LogP contribution >= 0.6 is 0 Å². The molecule has 0 amide bonds. The molecular weight excluding hydrogens is 190 g/mol. The summed E-state index contributed by atoms with van der Waals surface area (Å²) >= 11 is 0. The molecule has 0 spiro atoms. The van der Waals surface area contributed by atoms with Crippen molar-refractivity contribution in [3.05, 3.63) is 24.3 Å². The van der Waals surface area contributed by atoms with Gasteiger partial charge in [-0.15, -0.1) is 0 Å². The monoisotopic (exact) mass is 197 g/mol. The van der Waals surface area contributed by atoms with Crippen LogP contribution in [0.1, 0.15) is 6.92 Å². The third-order valence-electron chi connectivity index (χ3n) is 0.542. The Labute approximate surface area is 103 Å². The number of hydrogen-bond acceptors (Lipinski definition) is 1. The van der Waals surface area contributed by atoms with Crippen LogP contribution in [0.4, 0.5) is 0 Å². The molecule has 0 aromatic heterocycles. The second-order valence-electron chi connectivity index (χ2n) is 1.22. The molecule has 0 bridgehead atoms. The largest absolute Gasteiger partial charge is 0.478 e. The molecule has 2 nitrogen and oxygen atoms in total. The van der Waals surface area contributed by atoms with Crippen molar-refractivity contribution in [1.82, 2.24) is 0 Å². The van der Waals surface area contributed by atoms with Crippen LogP contribution in [0, 0.1) is 0 Å². The van der Waals surface area contributed by atoms with Crippen molar-refractivity contribution in [2.24, 2.45) is 0 Å². The van der Waals surface area contributed by atoms with Gasteiger partial charge in [-0.25, -0.2) is 4.79 Å². The van der Waals surface area contributed by atoms with Crippen molar-refractivity contribution in [2.75, 3.05) is 0 Å². The quantitative estimate of drug-likeness (QED) is 0.526. The SMILES string of the molecule is CC=CC=CC(=O)O.[Rb]. The summed E-state index contributed by atoms with van der Waals surface area (Å²) in [5, 5.41) is 8.02. The Kier molecular flexibility index (Phi) is 12.1. The second-order valence-corrected chi connectivity index (χ2v) is 1.22. The fourth-order valence-corrected chi connectivity index (χ4v) is 0.249. The normalized spacial score (nSPS) is 9.89. The molecule has 0 aromatic rings. The maximum absolute atomic E-state index is 9.75. The molecule has 0 unspecified atom stereocenters. The van der Waals surface area contributed by atoms with Crippen LogP contribution in [0.25, 0.3) is 0 Å². The Balaban J connectivity index is 0. The predicted molar refractivity (Wildman–Crippen MR) is 37.3 cm³/mol. The average Bonchev–Trinajstić information content (AvgIpc) is 1.66. The summed E-state index contributed by atoms with van der Waals surface area (Å²) in [5.74, 6) is -0.914. The first kappa shape index (κ1) is 12.4. The second kappa shape index (κ2) is 8.76. The molecule has 45 valence electrons. The molecule has 3 heteroatoms.